The number of methoxy groups -OCH3 is 1. The van der Waals surface area contributed by atoms with Gasteiger partial charge in [0.2, 0.25) is 10.9 Å². The Balaban J connectivity index is 2.91. The van der Waals surface area contributed by atoms with Crippen LogP contribution >= 0.6 is 0 Å². The van der Waals surface area contributed by atoms with Gasteiger partial charge >= 0.3 is 11.9 Å². The summed E-state index contributed by atoms with van der Waals surface area (Å²) in [7, 11) is -1.60. The molecule has 1 aromatic rings. The first-order valence-electron chi connectivity index (χ1n) is 5.15. The summed E-state index contributed by atoms with van der Waals surface area (Å²) in [5.41, 5.74) is 0. The molecule has 0 aliphatic rings. The van der Waals surface area contributed by atoms with Crippen LogP contribution in [0.5, 0.6) is 0 Å². The molecule has 1 heterocycles. The minimum atomic E-state index is -3.96. The fourth-order valence-corrected chi connectivity index (χ4v) is 2.27. The zero-order valence-electron chi connectivity index (χ0n) is 10.3. The van der Waals surface area contributed by atoms with Crippen LogP contribution in [0.4, 0.5) is 0 Å². The molecule has 1 aromatic heterocycles. The largest absolute Gasteiger partial charge is 0.481 e. The molecule has 1 N–H and O–H groups in total. The summed E-state index contributed by atoms with van der Waals surface area (Å²) in [5, 5.41) is 8.06. The topological polar surface area (TPSA) is 114 Å². The molecule has 0 aromatic carbocycles. The molecule has 19 heavy (non-hydrogen) atoms. The number of carboxylic acids is 1. The van der Waals surface area contributed by atoms with Crippen LogP contribution in [0.2, 0.25) is 0 Å². The molecule has 0 aliphatic heterocycles. The van der Waals surface area contributed by atoms with E-state index in [2.05, 4.69) is 4.74 Å². The third kappa shape index (κ3) is 3.55. The zero-order chi connectivity index (χ0) is 14.6. The van der Waals surface area contributed by atoms with Crippen molar-refractivity contribution in [2.75, 3.05) is 20.7 Å². The summed E-state index contributed by atoms with van der Waals surface area (Å²) in [4.78, 5) is 21.5. The van der Waals surface area contributed by atoms with Crippen molar-refractivity contribution in [3.8, 4) is 0 Å². The van der Waals surface area contributed by atoms with Crippen LogP contribution in [0.1, 0.15) is 17.0 Å². The van der Waals surface area contributed by atoms with E-state index in [0.717, 1.165) is 17.5 Å². The highest BCUT2D eigenvalue weighted by atomic mass is 32.2. The highest BCUT2D eigenvalue weighted by molar-refractivity contribution is 7.89. The number of carbonyl (C=O) groups excluding carboxylic acids is 1. The Hall–Kier alpha value is -1.87. The first kappa shape index (κ1) is 15.2. The lowest BCUT2D eigenvalue weighted by Crippen LogP contribution is -2.28. The molecule has 0 spiro atoms. The van der Waals surface area contributed by atoms with E-state index in [4.69, 9.17) is 9.52 Å². The number of esters is 1. The number of rotatable bonds is 6. The molecule has 8 nitrogen and oxygen atoms in total. The second kappa shape index (κ2) is 5.85. The van der Waals surface area contributed by atoms with E-state index in [1.807, 2.05) is 0 Å². The molecule has 0 amide bonds. The Kier molecular flexibility index (Phi) is 4.67. The maximum absolute atomic E-state index is 12.0. The predicted molar refractivity (Wildman–Crippen MR) is 62.1 cm³/mol. The summed E-state index contributed by atoms with van der Waals surface area (Å²) in [5.74, 6) is -2.15. The molecule has 0 radical (unpaired) electrons. The van der Waals surface area contributed by atoms with Crippen LogP contribution in [0, 0.1) is 0 Å². The second-order valence-electron chi connectivity index (χ2n) is 3.58. The number of carboxylic acid groups (broad SMARTS) is 1. The average molecular weight is 291 g/mol. The van der Waals surface area contributed by atoms with E-state index >= 15 is 0 Å². The van der Waals surface area contributed by atoms with Gasteiger partial charge in [-0.25, -0.2) is 13.2 Å². The van der Waals surface area contributed by atoms with Crippen LogP contribution in [0.15, 0.2) is 21.6 Å². The van der Waals surface area contributed by atoms with Crippen molar-refractivity contribution in [1.29, 1.82) is 0 Å². The van der Waals surface area contributed by atoms with Crippen LogP contribution in [-0.2, 0) is 19.6 Å². The van der Waals surface area contributed by atoms with Crippen molar-refractivity contribution in [2.24, 2.45) is 0 Å². The number of hydrogen-bond acceptors (Lipinski definition) is 6. The number of nitrogens with zero attached hydrogens (tertiary/aromatic N) is 1. The van der Waals surface area contributed by atoms with Crippen LogP contribution in [0.3, 0.4) is 0 Å². The van der Waals surface area contributed by atoms with Gasteiger partial charge in [-0.1, -0.05) is 0 Å². The monoisotopic (exact) mass is 291 g/mol. The molecule has 106 valence electrons. The van der Waals surface area contributed by atoms with Gasteiger partial charge in [-0.05, 0) is 12.1 Å². The Morgan fingerprint density at radius 2 is 2.05 bits per heavy atom. The minimum Gasteiger partial charge on any atom is -0.481 e. The zero-order valence-corrected chi connectivity index (χ0v) is 11.1. The number of sulfonamides is 1. The van der Waals surface area contributed by atoms with Crippen molar-refractivity contribution < 1.29 is 32.3 Å². The van der Waals surface area contributed by atoms with Crippen molar-refractivity contribution in [3.05, 3.63) is 17.9 Å². The lowest BCUT2D eigenvalue weighted by molar-refractivity contribution is -0.137. The highest BCUT2D eigenvalue weighted by Crippen LogP contribution is 2.18. The van der Waals surface area contributed by atoms with Gasteiger partial charge in [-0.15, -0.1) is 0 Å². The van der Waals surface area contributed by atoms with Gasteiger partial charge in [-0.2, -0.15) is 4.31 Å². The molecule has 0 aliphatic carbocycles. The lowest BCUT2D eigenvalue weighted by Gasteiger charge is -2.13. The molecule has 0 saturated heterocycles. The molecule has 0 unspecified atom stereocenters. The van der Waals surface area contributed by atoms with E-state index in [9.17, 15) is 18.0 Å². The number of furan rings is 1. The molecule has 1 rings (SSSR count). The summed E-state index contributed by atoms with van der Waals surface area (Å²) in [6.45, 7) is -0.202. The Bertz CT molecular complexity index is 574. The van der Waals surface area contributed by atoms with Gasteiger partial charge < -0.3 is 14.3 Å². The first-order valence-corrected chi connectivity index (χ1v) is 6.59. The molecular formula is C10H13NO7S. The molecule has 0 saturated carbocycles. The third-order valence-corrected chi connectivity index (χ3v) is 4.00. The Labute approximate surface area is 109 Å². The first-order chi connectivity index (χ1) is 8.78. The molecule has 0 atom stereocenters. The standard InChI is InChI=1S/C10H13NO7S/c1-11(6-5-8(12)13)19(15,16)9-4-3-7(18-9)10(14)17-2/h3-4H,5-6H2,1-2H3,(H,12,13). The van der Waals surface area contributed by atoms with Crippen molar-refractivity contribution in [3.63, 3.8) is 0 Å². The van der Waals surface area contributed by atoms with E-state index < -0.39 is 27.1 Å². The van der Waals surface area contributed by atoms with Gasteiger partial charge in [-0.3, -0.25) is 4.79 Å². The molecule has 9 heteroatoms. The fourth-order valence-electron chi connectivity index (χ4n) is 1.20. The SMILES string of the molecule is COC(=O)c1ccc(S(=O)(=O)N(C)CCC(=O)O)o1. The number of hydrogen-bond donors (Lipinski definition) is 1. The second-order valence-corrected chi connectivity index (χ2v) is 5.56. The number of ether oxygens (including phenoxy) is 1. The smallest absolute Gasteiger partial charge is 0.374 e. The molecule has 0 bridgehead atoms. The minimum absolute atomic E-state index is 0.202. The van der Waals surface area contributed by atoms with Gasteiger partial charge in [0.25, 0.3) is 10.0 Å². The van der Waals surface area contributed by atoms with Gasteiger partial charge in [0.15, 0.2) is 0 Å². The number of aliphatic carboxylic acids is 1. The van der Waals surface area contributed by atoms with E-state index in [0.29, 0.717) is 0 Å². The summed E-state index contributed by atoms with van der Waals surface area (Å²) in [6, 6.07) is 2.28. The summed E-state index contributed by atoms with van der Waals surface area (Å²) in [6.07, 6.45) is -0.333. The predicted octanol–water partition coefficient (Wildman–Crippen LogP) is 0.161. The highest BCUT2D eigenvalue weighted by Gasteiger charge is 2.26. The maximum atomic E-state index is 12.0. The Morgan fingerprint density at radius 3 is 2.58 bits per heavy atom. The van der Waals surface area contributed by atoms with Crippen molar-refractivity contribution in [2.45, 2.75) is 11.5 Å². The summed E-state index contributed by atoms with van der Waals surface area (Å²) < 4.78 is 34.0. The maximum Gasteiger partial charge on any atom is 0.374 e. The van der Waals surface area contributed by atoms with Gasteiger partial charge in [0.05, 0.1) is 13.5 Å². The van der Waals surface area contributed by atoms with E-state index in [1.54, 1.807) is 0 Å². The lowest BCUT2D eigenvalue weighted by atomic mass is 10.4. The van der Waals surface area contributed by atoms with Crippen molar-refractivity contribution >= 4 is 22.0 Å². The summed E-state index contributed by atoms with van der Waals surface area (Å²) >= 11 is 0. The van der Waals surface area contributed by atoms with Crippen LogP contribution < -0.4 is 0 Å². The van der Waals surface area contributed by atoms with Crippen molar-refractivity contribution in [1.82, 2.24) is 4.31 Å². The van der Waals surface area contributed by atoms with Crippen LogP contribution in [0.25, 0.3) is 0 Å². The molecule has 0 fully saturated rings. The number of carbonyl (C=O) groups is 2. The fraction of sp³-hybridized carbons (Fsp3) is 0.400. The normalized spacial score (nSPS) is 11.5. The molecular weight excluding hydrogens is 278 g/mol. The quantitative estimate of drug-likeness (QED) is 0.742. The van der Waals surface area contributed by atoms with Gasteiger partial charge in [0.1, 0.15) is 0 Å². The van der Waals surface area contributed by atoms with Crippen LogP contribution in [-0.4, -0.2) is 50.5 Å². The van der Waals surface area contributed by atoms with Gasteiger partial charge in [0, 0.05) is 13.6 Å². The van der Waals surface area contributed by atoms with E-state index in [1.165, 1.54) is 13.1 Å². The third-order valence-electron chi connectivity index (χ3n) is 2.27. The average Bonchev–Trinajstić information content (AvgIpc) is 2.84. The van der Waals surface area contributed by atoms with E-state index in [-0.39, 0.29) is 18.7 Å². The Morgan fingerprint density at radius 1 is 1.42 bits per heavy atom.